The second-order valence-corrected chi connectivity index (χ2v) is 12.9. The molecule has 1 aliphatic carbocycles. The molecule has 2 fully saturated rings. The Morgan fingerprint density at radius 2 is 1.59 bits per heavy atom. The van der Waals surface area contributed by atoms with Crippen molar-refractivity contribution in [2.24, 2.45) is 0 Å². The van der Waals surface area contributed by atoms with Crippen LogP contribution in [0.4, 0.5) is 5.82 Å². The van der Waals surface area contributed by atoms with E-state index < -0.39 is 10.0 Å². The van der Waals surface area contributed by atoms with Gasteiger partial charge in [-0.2, -0.15) is 0 Å². The Balaban J connectivity index is 1.18. The van der Waals surface area contributed by atoms with Gasteiger partial charge in [0.25, 0.3) is 0 Å². The predicted octanol–water partition coefficient (Wildman–Crippen LogP) is 4.28. The SMILES string of the molecule is CCN1CCN([C@H]2CC[C@@H](n3cc(-c4ccc(CNS(=O)(=O)c5ccccc5)cc4)c4c(N)ncnc43)CC2)CC1. The van der Waals surface area contributed by atoms with Crippen molar-refractivity contribution < 1.29 is 8.42 Å². The van der Waals surface area contributed by atoms with Crippen molar-refractivity contribution in [2.45, 2.75) is 56.1 Å². The highest BCUT2D eigenvalue weighted by Gasteiger charge is 2.30. The maximum Gasteiger partial charge on any atom is 0.240 e. The molecule has 1 saturated heterocycles. The van der Waals surface area contributed by atoms with Gasteiger partial charge < -0.3 is 15.2 Å². The number of nitrogens with two attached hydrogens (primary N) is 1. The number of aromatic nitrogens is 3. The lowest BCUT2D eigenvalue weighted by molar-refractivity contribution is 0.0742. The quantitative estimate of drug-likeness (QED) is 0.324. The largest absolute Gasteiger partial charge is 0.383 e. The summed E-state index contributed by atoms with van der Waals surface area (Å²) in [6.45, 7) is 8.30. The minimum absolute atomic E-state index is 0.210. The van der Waals surface area contributed by atoms with Crippen LogP contribution in [0.15, 0.2) is 72.0 Å². The van der Waals surface area contributed by atoms with Gasteiger partial charge in [-0.3, -0.25) is 4.90 Å². The molecule has 3 heterocycles. The van der Waals surface area contributed by atoms with Gasteiger partial charge >= 0.3 is 0 Å². The van der Waals surface area contributed by atoms with E-state index in [1.54, 1.807) is 36.7 Å². The molecular weight excluding hydrogens is 534 g/mol. The molecule has 4 aromatic rings. The van der Waals surface area contributed by atoms with Gasteiger partial charge in [0.2, 0.25) is 10.0 Å². The number of hydrogen-bond acceptors (Lipinski definition) is 7. The summed E-state index contributed by atoms with van der Waals surface area (Å²) < 4.78 is 30.2. The molecule has 0 spiro atoms. The van der Waals surface area contributed by atoms with Gasteiger partial charge in [0.05, 0.1) is 10.3 Å². The number of nitrogens with zero attached hydrogens (tertiary/aromatic N) is 5. The van der Waals surface area contributed by atoms with Crippen LogP contribution in [0.3, 0.4) is 0 Å². The normalized spacial score (nSPS) is 20.9. The second-order valence-electron chi connectivity index (χ2n) is 11.2. The molecule has 9 nitrogen and oxygen atoms in total. The van der Waals surface area contributed by atoms with E-state index in [4.69, 9.17) is 5.73 Å². The average Bonchev–Trinajstić information content (AvgIpc) is 3.42. The van der Waals surface area contributed by atoms with E-state index >= 15 is 0 Å². The first-order valence-corrected chi connectivity index (χ1v) is 16.1. The summed E-state index contributed by atoms with van der Waals surface area (Å²) >= 11 is 0. The van der Waals surface area contributed by atoms with E-state index in [0.717, 1.165) is 47.1 Å². The van der Waals surface area contributed by atoms with Crippen molar-refractivity contribution in [1.29, 1.82) is 0 Å². The number of anilines is 1. The molecule has 0 unspecified atom stereocenters. The van der Waals surface area contributed by atoms with Gasteiger partial charge in [-0.05, 0) is 55.5 Å². The summed E-state index contributed by atoms with van der Waals surface area (Å²) in [6.07, 6.45) is 8.37. The first kappa shape index (κ1) is 27.8. The average molecular weight is 574 g/mol. The van der Waals surface area contributed by atoms with Crippen LogP contribution in [-0.2, 0) is 16.6 Å². The Kier molecular flexibility index (Phi) is 8.07. The van der Waals surface area contributed by atoms with Gasteiger partial charge in [-0.1, -0.05) is 49.4 Å². The standard InChI is InChI=1S/C31H39N7O2S/c1-2-36-16-18-37(19-17-36)25-12-14-26(15-13-25)38-21-28(29-30(32)33-22-34-31(29)38)24-10-8-23(9-11-24)20-35-41(39,40)27-6-4-3-5-7-27/h3-11,21-22,25-26,35H,2,12-20H2,1H3,(H2,32,33,34)/t25-,26+. The number of likely N-dealkylation sites (N-methyl/N-ethyl adjacent to an activating group) is 1. The molecule has 41 heavy (non-hydrogen) atoms. The topological polar surface area (TPSA) is 109 Å². The van der Waals surface area contributed by atoms with Crippen molar-refractivity contribution in [3.63, 3.8) is 0 Å². The zero-order valence-electron chi connectivity index (χ0n) is 23.6. The van der Waals surface area contributed by atoms with Gasteiger partial charge in [-0.25, -0.2) is 23.1 Å². The number of rotatable bonds is 8. The highest BCUT2D eigenvalue weighted by molar-refractivity contribution is 7.89. The molecule has 0 amide bonds. The van der Waals surface area contributed by atoms with Crippen molar-refractivity contribution >= 4 is 26.9 Å². The number of sulfonamides is 1. The molecule has 216 valence electrons. The number of nitrogen functional groups attached to an aromatic ring is 1. The van der Waals surface area contributed by atoms with Crippen LogP contribution in [0.1, 0.15) is 44.2 Å². The van der Waals surface area contributed by atoms with Crippen molar-refractivity contribution in [2.75, 3.05) is 38.5 Å². The fourth-order valence-corrected chi connectivity index (χ4v) is 7.45. The molecule has 0 bridgehead atoms. The minimum Gasteiger partial charge on any atom is -0.383 e. The Bertz CT molecular complexity index is 1570. The Hall–Kier alpha value is -3.31. The van der Waals surface area contributed by atoms with E-state index in [1.807, 2.05) is 24.3 Å². The van der Waals surface area contributed by atoms with E-state index in [9.17, 15) is 8.42 Å². The Morgan fingerprint density at radius 3 is 2.27 bits per heavy atom. The third kappa shape index (κ3) is 5.88. The highest BCUT2D eigenvalue weighted by atomic mass is 32.2. The summed E-state index contributed by atoms with van der Waals surface area (Å²) in [4.78, 5) is 14.5. The number of benzene rings is 2. The first-order chi connectivity index (χ1) is 19.9. The van der Waals surface area contributed by atoms with E-state index in [1.165, 1.54) is 39.0 Å². The lowest BCUT2D eigenvalue weighted by atomic mass is 9.89. The van der Waals surface area contributed by atoms with Crippen LogP contribution in [0.5, 0.6) is 0 Å². The molecule has 2 aliphatic rings. The van der Waals surface area contributed by atoms with Gasteiger partial charge in [0, 0.05) is 56.6 Å². The molecule has 6 rings (SSSR count). The maximum atomic E-state index is 12.6. The minimum atomic E-state index is -3.57. The second kappa shape index (κ2) is 11.9. The first-order valence-electron chi connectivity index (χ1n) is 14.6. The molecule has 3 N–H and O–H groups in total. The van der Waals surface area contributed by atoms with Gasteiger partial charge in [0.1, 0.15) is 17.8 Å². The Morgan fingerprint density at radius 1 is 0.902 bits per heavy atom. The summed E-state index contributed by atoms with van der Waals surface area (Å²) in [6, 6.07) is 17.4. The number of nitrogens with one attached hydrogen (secondary N) is 1. The molecular formula is C31H39N7O2S. The third-order valence-corrected chi connectivity index (χ3v) is 10.3. The smallest absolute Gasteiger partial charge is 0.240 e. The summed E-state index contributed by atoms with van der Waals surface area (Å²) in [7, 11) is -3.57. The molecule has 2 aromatic heterocycles. The number of fused-ring (bicyclic) bond motifs is 1. The van der Waals surface area contributed by atoms with Crippen LogP contribution < -0.4 is 10.5 Å². The van der Waals surface area contributed by atoms with E-state index in [0.29, 0.717) is 17.9 Å². The molecule has 1 saturated carbocycles. The molecule has 0 radical (unpaired) electrons. The highest BCUT2D eigenvalue weighted by Crippen LogP contribution is 2.39. The Labute approximate surface area is 242 Å². The predicted molar refractivity (Wildman–Crippen MR) is 163 cm³/mol. The van der Waals surface area contributed by atoms with E-state index in [-0.39, 0.29) is 11.4 Å². The monoisotopic (exact) mass is 573 g/mol. The van der Waals surface area contributed by atoms with Gasteiger partial charge in [-0.15, -0.1) is 0 Å². The number of hydrogen-bond donors (Lipinski definition) is 2. The van der Waals surface area contributed by atoms with Crippen molar-refractivity contribution in [3.05, 3.63) is 72.7 Å². The molecule has 2 aromatic carbocycles. The van der Waals surface area contributed by atoms with Crippen molar-refractivity contribution in [3.8, 4) is 11.1 Å². The maximum absolute atomic E-state index is 12.6. The van der Waals surface area contributed by atoms with Crippen LogP contribution in [0, 0.1) is 0 Å². The van der Waals surface area contributed by atoms with E-state index in [2.05, 4.69) is 42.2 Å². The zero-order valence-corrected chi connectivity index (χ0v) is 24.4. The summed E-state index contributed by atoms with van der Waals surface area (Å²) in [5.41, 5.74) is 10.2. The van der Waals surface area contributed by atoms with Crippen LogP contribution in [-0.4, -0.2) is 71.5 Å². The zero-order chi connectivity index (χ0) is 28.4. The molecule has 10 heteroatoms. The lowest BCUT2D eigenvalue weighted by Crippen LogP contribution is -2.50. The van der Waals surface area contributed by atoms with Crippen LogP contribution in [0.25, 0.3) is 22.2 Å². The summed E-state index contributed by atoms with van der Waals surface area (Å²) in [5.74, 6) is 0.478. The van der Waals surface area contributed by atoms with Crippen LogP contribution >= 0.6 is 0 Å². The fraction of sp³-hybridized carbons (Fsp3) is 0.419. The third-order valence-electron chi connectivity index (χ3n) is 8.85. The van der Waals surface area contributed by atoms with Crippen molar-refractivity contribution in [1.82, 2.24) is 29.1 Å². The molecule has 1 aliphatic heterocycles. The molecule has 0 atom stereocenters. The summed E-state index contributed by atoms with van der Waals surface area (Å²) in [5, 5.41) is 0.878. The lowest BCUT2D eigenvalue weighted by Gasteiger charge is -2.42. The fourth-order valence-electron chi connectivity index (χ4n) is 6.42. The van der Waals surface area contributed by atoms with Gasteiger partial charge in [0.15, 0.2) is 0 Å². The number of piperazine rings is 1. The van der Waals surface area contributed by atoms with Crippen LogP contribution in [0.2, 0.25) is 0 Å².